The van der Waals surface area contributed by atoms with E-state index in [4.69, 9.17) is 4.74 Å². The minimum atomic E-state index is -4.19. The van der Waals surface area contributed by atoms with Crippen molar-refractivity contribution in [3.8, 4) is 0 Å². The van der Waals surface area contributed by atoms with E-state index in [-0.39, 0.29) is 6.08 Å². The molecular formula is C16H15F3O. The molecule has 0 amide bonds. The molecule has 1 atom stereocenters. The van der Waals surface area contributed by atoms with Crippen LogP contribution < -0.4 is 0 Å². The molecule has 3 rings (SSSR count). The lowest BCUT2D eigenvalue weighted by molar-refractivity contribution is -0.0795. The lowest BCUT2D eigenvalue weighted by atomic mass is 10.0. The molecule has 1 aliphatic heterocycles. The van der Waals surface area contributed by atoms with Crippen molar-refractivity contribution in [1.82, 2.24) is 0 Å². The molecule has 1 aliphatic rings. The van der Waals surface area contributed by atoms with E-state index in [1.165, 1.54) is 16.3 Å². The zero-order valence-corrected chi connectivity index (χ0v) is 10.9. The van der Waals surface area contributed by atoms with E-state index in [1.807, 2.05) is 0 Å². The van der Waals surface area contributed by atoms with Gasteiger partial charge in [-0.2, -0.15) is 13.2 Å². The van der Waals surface area contributed by atoms with Gasteiger partial charge in [0, 0.05) is 12.5 Å². The van der Waals surface area contributed by atoms with Crippen molar-refractivity contribution in [3.63, 3.8) is 0 Å². The van der Waals surface area contributed by atoms with Crippen LogP contribution >= 0.6 is 0 Å². The fourth-order valence-corrected chi connectivity index (χ4v) is 1.90. The van der Waals surface area contributed by atoms with Crippen LogP contribution in [-0.2, 0) is 11.2 Å². The Morgan fingerprint density at radius 3 is 2.35 bits per heavy atom. The maximum atomic E-state index is 10.7. The monoisotopic (exact) mass is 280 g/mol. The molecule has 0 radical (unpaired) electrons. The summed E-state index contributed by atoms with van der Waals surface area (Å²) in [6.45, 7) is 3.44. The number of rotatable bonds is 2. The van der Waals surface area contributed by atoms with Crippen molar-refractivity contribution in [3.05, 3.63) is 60.7 Å². The molecule has 0 aromatic heterocycles. The molecule has 106 valence electrons. The first-order valence-corrected chi connectivity index (χ1v) is 6.28. The van der Waals surface area contributed by atoms with Crippen molar-refractivity contribution in [2.45, 2.75) is 18.7 Å². The zero-order chi connectivity index (χ0) is 14.6. The Bertz CT molecular complexity index is 580. The second kappa shape index (κ2) is 6.09. The van der Waals surface area contributed by atoms with Crippen molar-refractivity contribution in [1.29, 1.82) is 0 Å². The highest BCUT2D eigenvalue weighted by atomic mass is 19.4. The summed E-state index contributed by atoms with van der Waals surface area (Å²) in [5.74, 6) is 0. The van der Waals surface area contributed by atoms with E-state index in [9.17, 15) is 13.2 Å². The molecule has 2 aromatic carbocycles. The Morgan fingerprint density at radius 1 is 1.15 bits per heavy atom. The summed E-state index contributed by atoms with van der Waals surface area (Å²) >= 11 is 0. The molecule has 1 saturated heterocycles. The smallest absolute Gasteiger partial charge is 0.373 e. The van der Waals surface area contributed by atoms with Gasteiger partial charge in [-0.1, -0.05) is 49.0 Å². The molecule has 20 heavy (non-hydrogen) atoms. The Balaban J connectivity index is 0.000000212. The third-order valence-corrected chi connectivity index (χ3v) is 2.96. The fraction of sp³-hybridized carbons (Fsp3) is 0.250. The summed E-state index contributed by atoms with van der Waals surface area (Å²) in [6.07, 6.45) is -2.73. The van der Waals surface area contributed by atoms with Gasteiger partial charge in [0.15, 0.2) is 0 Å². The Kier molecular flexibility index (Phi) is 4.45. The maximum Gasteiger partial charge on any atom is 0.409 e. The van der Waals surface area contributed by atoms with Gasteiger partial charge in [-0.3, -0.25) is 0 Å². The van der Waals surface area contributed by atoms with Gasteiger partial charge in [0.1, 0.15) is 0 Å². The average Bonchev–Trinajstić information content (AvgIpc) is 3.23. The van der Waals surface area contributed by atoms with Crippen LogP contribution in [0.4, 0.5) is 13.2 Å². The van der Waals surface area contributed by atoms with E-state index in [1.54, 1.807) is 0 Å². The molecule has 0 N–H and O–H groups in total. The van der Waals surface area contributed by atoms with E-state index >= 15 is 0 Å². The van der Waals surface area contributed by atoms with Gasteiger partial charge in [0.2, 0.25) is 0 Å². The van der Waals surface area contributed by atoms with Crippen molar-refractivity contribution >= 4 is 10.8 Å². The average molecular weight is 280 g/mol. The van der Waals surface area contributed by atoms with Gasteiger partial charge in [-0.05, 0) is 16.3 Å². The lowest BCUT2D eigenvalue weighted by Crippen LogP contribution is -1.98. The van der Waals surface area contributed by atoms with E-state index in [2.05, 4.69) is 49.0 Å². The third kappa shape index (κ3) is 4.38. The highest BCUT2D eigenvalue weighted by Crippen LogP contribution is 2.23. The largest absolute Gasteiger partial charge is 0.409 e. The number of halogens is 3. The van der Waals surface area contributed by atoms with Crippen LogP contribution in [0.1, 0.15) is 5.56 Å². The quantitative estimate of drug-likeness (QED) is 0.582. The number of ether oxygens (including phenoxy) is 1. The van der Waals surface area contributed by atoms with Gasteiger partial charge < -0.3 is 4.74 Å². The predicted molar refractivity (Wildman–Crippen MR) is 73.6 cm³/mol. The Morgan fingerprint density at radius 2 is 1.75 bits per heavy atom. The number of fused-ring (bicyclic) bond motifs is 1. The SMILES string of the molecule is C=CC(F)(F)F.c1ccc2c(CC3CO3)cccc2c1. The minimum absolute atomic E-state index is 0.0625. The third-order valence-electron chi connectivity index (χ3n) is 2.96. The van der Waals surface area contributed by atoms with Gasteiger partial charge in [0.05, 0.1) is 12.7 Å². The number of hydrogen-bond donors (Lipinski definition) is 0. The Hall–Kier alpha value is -1.81. The highest BCUT2D eigenvalue weighted by molar-refractivity contribution is 5.85. The van der Waals surface area contributed by atoms with Crippen molar-refractivity contribution in [2.75, 3.05) is 6.61 Å². The molecule has 0 spiro atoms. The first kappa shape index (κ1) is 14.6. The van der Waals surface area contributed by atoms with Gasteiger partial charge in [0.25, 0.3) is 0 Å². The fourth-order valence-electron chi connectivity index (χ4n) is 1.90. The predicted octanol–water partition coefficient (Wildman–Crippen LogP) is 4.52. The van der Waals surface area contributed by atoms with Crippen LogP contribution in [0.25, 0.3) is 10.8 Å². The normalized spacial score (nSPS) is 17.2. The molecule has 1 unspecified atom stereocenters. The summed E-state index contributed by atoms with van der Waals surface area (Å²) in [5.41, 5.74) is 1.41. The molecule has 0 aliphatic carbocycles. The summed E-state index contributed by atoms with van der Waals surface area (Å²) in [5, 5.41) is 2.69. The lowest BCUT2D eigenvalue weighted by Gasteiger charge is -2.03. The molecule has 0 bridgehead atoms. The van der Waals surface area contributed by atoms with Crippen LogP contribution in [0, 0.1) is 0 Å². The molecule has 1 nitrogen and oxygen atoms in total. The van der Waals surface area contributed by atoms with Crippen molar-refractivity contribution in [2.24, 2.45) is 0 Å². The topological polar surface area (TPSA) is 12.5 Å². The molecule has 2 aromatic rings. The first-order chi connectivity index (χ1) is 9.49. The van der Waals surface area contributed by atoms with E-state index in [0.717, 1.165) is 13.0 Å². The standard InChI is InChI=1S/C13H12O.C3H3F3/c1-2-7-13-10(4-1)5-3-6-11(13)8-12-9-14-12;1-2-3(4,5)6/h1-7,12H,8-9H2;2H,1H2. The number of benzene rings is 2. The maximum absolute atomic E-state index is 10.7. The minimum Gasteiger partial charge on any atom is -0.373 e. The second-order valence-electron chi connectivity index (χ2n) is 4.54. The van der Waals surface area contributed by atoms with E-state index < -0.39 is 6.18 Å². The highest BCUT2D eigenvalue weighted by Gasteiger charge is 2.23. The van der Waals surface area contributed by atoms with Crippen LogP contribution in [0.5, 0.6) is 0 Å². The molecule has 1 fully saturated rings. The number of epoxide rings is 1. The summed E-state index contributed by atoms with van der Waals surface area (Å²) in [6, 6.07) is 15.0. The second-order valence-corrected chi connectivity index (χ2v) is 4.54. The number of alkyl halides is 3. The number of allylic oxidation sites excluding steroid dienone is 1. The molecule has 1 heterocycles. The molecule has 4 heteroatoms. The van der Waals surface area contributed by atoms with Gasteiger partial charge >= 0.3 is 6.18 Å². The number of hydrogen-bond acceptors (Lipinski definition) is 1. The van der Waals surface area contributed by atoms with Crippen LogP contribution in [0.2, 0.25) is 0 Å². The first-order valence-electron chi connectivity index (χ1n) is 6.28. The van der Waals surface area contributed by atoms with Crippen LogP contribution in [0.15, 0.2) is 55.1 Å². The van der Waals surface area contributed by atoms with Crippen molar-refractivity contribution < 1.29 is 17.9 Å². The zero-order valence-electron chi connectivity index (χ0n) is 10.9. The van der Waals surface area contributed by atoms with Gasteiger partial charge in [-0.15, -0.1) is 0 Å². The molecular weight excluding hydrogens is 265 g/mol. The van der Waals surface area contributed by atoms with E-state index in [0.29, 0.717) is 6.10 Å². The summed E-state index contributed by atoms with van der Waals surface area (Å²) in [4.78, 5) is 0. The molecule has 0 saturated carbocycles. The van der Waals surface area contributed by atoms with Crippen LogP contribution in [0.3, 0.4) is 0 Å². The van der Waals surface area contributed by atoms with Crippen LogP contribution in [-0.4, -0.2) is 18.9 Å². The Labute approximate surface area is 115 Å². The summed E-state index contributed by atoms with van der Waals surface area (Å²) < 4.78 is 37.3. The summed E-state index contributed by atoms with van der Waals surface area (Å²) in [7, 11) is 0. The van der Waals surface area contributed by atoms with Gasteiger partial charge in [-0.25, -0.2) is 0 Å².